The van der Waals surface area contributed by atoms with Gasteiger partial charge in [0.05, 0.1) is 0 Å². The van der Waals surface area contributed by atoms with E-state index in [1.54, 1.807) is 0 Å². The molecule has 0 spiro atoms. The van der Waals surface area contributed by atoms with Crippen LogP contribution in [0.25, 0.3) is 0 Å². The van der Waals surface area contributed by atoms with Gasteiger partial charge in [0.25, 0.3) is 0 Å². The third-order valence-electron chi connectivity index (χ3n) is 2.15. The fraction of sp³-hybridized carbons (Fsp3) is 0.462. The van der Waals surface area contributed by atoms with Crippen molar-refractivity contribution >= 4 is 5.97 Å². The molecule has 94 valence electrons. The molecular weight excluding hydrogens is 218 g/mol. The van der Waals surface area contributed by atoms with Crippen LogP contribution in [0.1, 0.15) is 26.3 Å². The Hall–Kier alpha value is -1.55. The van der Waals surface area contributed by atoms with Gasteiger partial charge in [0.15, 0.2) is 0 Å². The number of nitrogens with two attached hydrogens (primary N) is 1. The summed E-state index contributed by atoms with van der Waals surface area (Å²) in [6, 6.07) is 6.47. The van der Waals surface area contributed by atoms with Crippen molar-refractivity contribution in [2.24, 2.45) is 5.73 Å². The number of aliphatic carboxylic acids is 1. The Balaban J connectivity index is 2.88. The highest BCUT2D eigenvalue weighted by molar-refractivity contribution is 5.73. The minimum Gasteiger partial charge on any atom is -0.488 e. The molecule has 1 aromatic carbocycles. The number of ether oxygens (including phenoxy) is 1. The minimum absolute atomic E-state index is 0.265. The SMILES string of the molecule is CC(C)(C)Oc1ccccc1C[C@@H](N)C(=O)O. The second kappa shape index (κ2) is 5.19. The summed E-state index contributed by atoms with van der Waals surface area (Å²) < 4.78 is 5.76. The quantitative estimate of drug-likeness (QED) is 0.837. The van der Waals surface area contributed by atoms with Gasteiger partial charge in [0.2, 0.25) is 0 Å². The van der Waals surface area contributed by atoms with E-state index in [-0.39, 0.29) is 12.0 Å². The molecule has 0 bridgehead atoms. The summed E-state index contributed by atoms with van der Waals surface area (Å²) in [7, 11) is 0. The Morgan fingerprint density at radius 3 is 2.53 bits per heavy atom. The van der Waals surface area contributed by atoms with Crippen LogP contribution in [0, 0.1) is 0 Å². The Morgan fingerprint density at radius 2 is 2.00 bits per heavy atom. The van der Waals surface area contributed by atoms with E-state index in [1.807, 2.05) is 45.0 Å². The average Bonchev–Trinajstić information content (AvgIpc) is 2.18. The molecule has 0 amide bonds. The normalized spacial score (nSPS) is 13.2. The summed E-state index contributed by atoms with van der Waals surface area (Å²) in [5, 5.41) is 8.80. The molecule has 0 aliphatic heterocycles. The molecule has 1 atom stereocenters. The first-order chi connectivity index (χ1) is 7.79. The highest BCUT2D eigenvalue weighted by Gasteiger charge is 2.18. The lowest BCUT2D eigenvalue weighted by Gasteiger charge is -2.23. The van der Waals surface area contributed by atoms with E-state index in [4.69, 9.17) is 15.6 Å². The Bertz CT molecular complexity index is 396. The van der Waals surface area contributed by atoms with Crippen molar-refractivity contribution in [3.8, 4) is 5.75 Å². The fourth-order valence-electron chi connectivity index (χ4n) is 1.43. The van der Waals surface area contributed by atoms with E-state index in [0.717, 1.165) is 5.56 Å². The molecule has 4 nitrogen and oxygen atoms in total. The number of carboxylic acids is 1. The molecule has 3 N–H and O–H groups in total. The van der Waals surface area contributed by atoms with Gasteiger partial charge in [0.1, 0.15) is 17.4 Å². The number of rotatable bonds is 4. The van der Waals surface area contributed by atoms with Crippen LogP contribution in [0.15, 0.2) is 24.3 Å². The zero-order valence-electron chi connectivity index (χ0n) is 10.4. The fourth-order valence-corrected chi connectivity index (χ4v) is 1.43. The number of para-hydroxylation sites is 1. The number of carboxylic acid groups (broad SMARTS) is 1. The van der Waals surface area contributed by atoms with Gasteiger partial charge < -0.3 is 15.6 Å². The van der Waals surface area contributed by atoms with E-state index in [1.165, 1.54) is 0 Å². The molecule has 0 heterocycles. The summed E-state index contributed by atoms with van der Waals surface area (Å²) in [5.41, 5.74) is 6.03. The topological polar surface area (TPSA) is 72.5 Å². The summed E-state index contributed by atoms with van der Waals surface area (Å²) in [6.45, 7) is 5.84. The van der Waals surface area contributed by atoms with Crippen molar-refractivity contribution < 1.29 is 14.6 Å². The van der Waals surface area contributed by atoms with Crippen LogP contribution < -0.4 is 10.5 Å². The van der Waals surface area contributed by atoms with Crippen molar-refractivity contribution in [2.45, 2.75) is 38.8 Å². The molecule has 0 aliphatic rings. The van der Waals surface area contributed by atoms with Crippen LogP contribution in [0.3, 0.4) is 0 Å². The van der Waals surface area contributed by atoms with E-state index in [9.17, 15) is 4.79 Å². The lowest BCUT2D eigenvalue weighted by atomic mass is 10.0. The number of benzene rings is 1. The van der Waals surface area contributed by atoms with Gasteiger partial charge in [-0.15, -0.1) is 0 Å². The number of carbonyl (C=O) groups is 1. The van der Waals surface area contributed by atoms with Crippen molar-refractivity contribution in [1.29, 1.82) is 0 Å². The van der Waals surface area contributed by atoms with Gasteiger partial charge in [-0.2, -0.15) is 0 Å². The molecule has 1 rings (SSSR count). The molecule has 4 heteroatoms. The Labute approximate surface area is 101 Å². The Morgan fingerprint density at radius 1 is 1.41 bits per heavy atom. The van der Waals surface area contributed by atoms with E-state index >= 15 is 0 Å². The van der Waals surface area contributed by atoms with Gasteiger partial charge in [0, 0.05) is 6.42 Å². The van der Waals surface area contributed by atoms with Crippen LogP contribution >= 0.6 is 0 Å². The third-order valence-corrected chi connectivity index (χ3v) is 2.15. The monoisotopic (exact) mass is 237 g/mol. The second-order valence-electron chi connectivity index (χ2n) is 4.97. The summed E-state index contributed by atoms with van der Waals surface area (Å²) >= 11 is 0. The summed E-state index contributed by atoms with van der Waals surface area (Å²) in [5.74, 6) is -0.313. The zero-order valence-corrected chi connectivity index (χ0v) is 10.4. The maximum atomic E-state index is 10.7. The zero-order chi connectivity index (χ0) is 13.1. The first-order valence-corrected chi connectivity index (χ1v) is 5.55. The molecule has 17 heavy (non-hydrogen) atoms. The van der Waals surface area contributed by atoms with Crippen molar-refractivity contribution in [3.63, 3.8) is 0 Å². The standard InChI is InChI=1S/C13H19NO3/c1-13(2,3)17-11-7-5-4-6-9(11)8-10(14)12(15)16/h4-7,10H,8,14H2,1-3H3,(H,15,16)/t10-/m1/s1. The maximum absolute atomic E-state index is 10.7. The largest absolute Gasteiger partial charge is 0.488 e. The molecule has 0 saturated heterocycles. The minimum atomic E-state index is -1.00. The van der Waals surface area contributed by atoms with Crippen LogP contribution in [-0.2, 0) is 11.2 Å². The highest BCUT2D eigenvalue weighted by atomic mass is 16.5. The smallest absolute Gasteiger partial charge is 0.320 e. The van der Waals surface area contributed by atoms with Gasteiger partial charge in [-0.1, -0.05) is 18.2 Å². The second-order valence-corrected chi connectivity index (χ2v) is 4.97. The van der Waals surface area contributed by atoms with Crippen LogP contribution in [0.4, 0.5) is 0 Å². The molecule has 0 aliphatic carbocycles. The lowest BCUT2D eigenvalue weighted by Crippen LogP contribution is -2.32. The van der Waals surface area contributed by atoms with Gasteiger partial charge >= 0.3 is 5.97 Å². The first-order valence-electron chi connectivity index (χ1n) is 5.55. The third kappa shape index (κ3) is 4.44. The predicted octanol–water partition coefficient (Wildman–Crippen LogP) is 1.82. The van der Waals surface area contributed by atoms with Gasteiger partial charge in [-0.05, 0) is 32.4 Å². The average molecular weight is 237 g/mol. The molecular formula is C13H19NO3. The van der Waals surface area contributed by atoms with E-state index < -0.39 is 12.0 Å². The van der Waals surface area contributed by atoms with Crippen LogP contribution in [-0.4, -0.2) is 22.7 Å². The molecule has 0 fully saturated rings. The van der Waals surface area contributed by atoms with Gasteiger partial charge in [-0.3, -0.25) is 4.79 Å². The molecule has 0 unspecified atom stereocenters. The van der Waals surface area contributed by atoms with Crippen LogP contribution in [0.2, 0.25) is 0 Å². The summed E-state index contributed by atoms with van der Waals surface area (Å²) in [6.07, 6.45) is 0.265. The predicted molar refractivity (Wildman–Crippen MR) is 66.1 cm³/mol. The molecule has 0 aromatic heterocycles. The highest BCUT2D eigenvalue weighted by Crippen LogP contribution is 2.23. The van der Waals surface area contributed by atoms with Crippen LogP contribution in [0.5, 0.6) is 5.75 Å². The van der Waals surface area contributed by atoms with E-state index in [2.05, 4.69) is 0 Å². The summed E-state index contributed by atoms with van der Waals surface area (Å²) in [4.78, 5) is 10.7. The van der Waals surface area contributed by atoms with Crippen molar-refractivity contribution in [1.82, 2.24) is 0 Å². The van der Waals surface area contributed by atoms with Crippen molar-refractivity contribution in [2.75, 3.05) is 0 Å². The maximum Gasteiger partial charge on any atom is 0.320 e. The number of hydrogen-bond donors (Lipinski definition) is 2. The lowest BCUT2D eigenvalue weighted by molar-refractivity contribution is -0.138. The van der Waals surface area contributed by atoms with Crippen molar-refractivity contribution in [3.05, 3.63) is 29.8 Å². The van der Waals surface area contributed by atoms with Gasteiger partial charge in [-0.25, -0.2) is 0 Å². The molecule has 0 radical (unpaired) electrons. The van der Waals surface area contributed by atoms with E-state index in [0.29, 0.717) is 5.75 Å². The number of hydrogen-bond acceptors (Lipinski definition) is 3. The molecule has 1 aromatic rings. The first kappa shape index (κ1) is 13.5. The molecule has 0 saturated carbocycles. The Kier molecular flexibility index (Phi) is 4.12.